The fraction of sp³-hybridized carbons (Fsp3) is 0.200. The van der Waals surface area contributed by atoms with Gasteiger partial charge in [-0.1, -0.05) is 12.1 Å². The van der Waals surface area contributed by atoms with Gasteiger partial charge in [-0.2, -0.15) is 5.10 Å². The van der Waals surface area contributed by atoms with Crippen LogP contribution >= 0.6 is 15.9 Å². The zero-order valence-corrected chi connectivity index (χ0v) is 12.9. The average Bonchev–Trinajstić information content (AvgIpc) is 2.96. The van der Waals surface area contributed by atoms with Gasteiger partial charge >= 0.3 is 0 Å². The van der Waals surface area contributed by atoms with E-state index in [1.54, 1.807) is 0 Å². The van der Waals surface area contributed by atoms with Gasteiger partial charge in [0.15, 0.2) is 6.29 Å². The maximum Gasteiger partial charge on any atom is 0.150 e. The van der Waals surface area contributed by atoms with E-state index in [-0.39, 0.29) is 0 Å². The molecule has 0 radical (unpaired) electrons. The Bertz CT molecular complexity index is 801. The van der Waals surface area contributed by atoms with Gasteiger partial charge in [0.25, 0.3) is 0 Å². The number of nitrogens with zero attached hydrogens (tertiary/aromatic N) is 3. The molecule has 0 saturated carbocycles. The first-order chi connectivity index (χ1) is 9.61. The molecule has 2 heterocycles. The van der Waals surface area contributed by atoms with E-state index in [0.717, 1.165) is 38.6 Å². The molecule has 4 nitrogen and oxygen atoms in total. The molecular weight excluding hydrogens is 318 g/mol. The van der Waals surface area contributed by atoms with Crippen LogP contribution in [-0.4, -0.2) is 20.6 Å². The van der Waals surface area contributed by atoms with E-state index in [2.05, 4.69) is 25.6 Å². The highest BCUT2D eigenvalue weighted by atomic mass is 79.9. The van der Waals surface area contributed by atoms with Crippen LogP contribution in [0.15, 0.2) is 34.9 Å². The van der Waals surface area contributed by atoms with Gasteiger partial charge in [0.05, 0.1) is 22.4 Å². The minimum Gasteiger partial charge on any atom is -0.341 e. The van der Waals surface area contributed by atoms with Crippen molar-refractivity contribution in [2.75, 3.05) is 0 Å². The lowest BCUT2D eigenvalue weighted by atomic mass is 10.1. The number of rotatable bonds is 3. The van der Waals surface area contributed by atoms with Gasteiger partial charge in [-0.15, -0.1) is 0 Å². The van der Waals surface area contributed by atoms with Crippen LogP contribution in [0.2, 0.25) is 0 Å². The number of carbonyl (C=O) groups is 1. The van der Waals surface area contributed by atoms with E-state index < -0.39 is 0 Å². The zero-order valence-electron chi connectivity index (χ0n) is 11.3. The van der Waals surface area contributed by atoms with Crippen molar-refractivity contribution >= 4 is 33.1 Å². The molecule has 1 aromatic carbocycles. The normalized spacial score (nSPS) is 11.2. The van der Waals surface area contributed by atoms with Crippen LogP contribution in [0.5, 0.6) is 0 Å². The standard InChI is InChI=1S/C15H14BrN3O/c1-10-15(16)14(18(2)17-10)8-19-7-6-12-11(9-20)4-3-5-13(12)19/h3-7,9H,8H2,1-2H3. The first-order valence-electron chi connectivity index (χ1n) is 6.33. The number of aryl methyl sites for hydroxylation is 2. The van der Waals surface area contributed by atoms with Crippen molar-refractivity contribution in [3.05, 3.63) is 51.9 Å². The average molecular weight is 332 g/mol. The van der Waals surface area contributed by atoms with Gasteiger partial charge in [-0.05, 0) is 35.0 Å². The topological polar surface area (TPSA) is 39.8 Å². The molecule has 0 N–H and O–H groups in total. The lowest BCUT2D eigenvalue weighted by molar-refractivity contribution is 0.112. The number of aldehydes is 1. The quantitative estimate of drug-likeness (QED) is 0.691. The zero-order chi connectivity index (χ0) is 14.3. The Balaban J connectivity index is 2.10. The number of aromatic nitrogens is 3. The van der Waals surface area contributed by atoms with Crippen LogP contribution in [-0.2, 0) is 13.6 Å². The van der Waals surface area contributed by atoms with Crippen LogP contribution in [0, 0.1) is 6.92 Å². The molecule has 0 bridgehead atoms. The SMILES string of the molecule is Cc1nn(C)c(Cn2ccc3c(C=O)cccc32)c1Br. The fourth-order valence-electron chi connectivity index (χ4n) is 2.50. The first-order valence-corrected chi connectivity index (χ1v) is 7.12. The van der Waals surface area contributed by atoms with E-state index >= 15 is 0 Å². The van der Waals surface area contributed by atoms with E-state index in [4.69, 9.17) is 0 Å². The van der Waals surface area contributed by atoms with Gasteiger partial charge < -0.3 is 4.57 Å². The summed E-state index contributed by atoms with van der Waals surface area (Å²) in [5, 5.41) is 5.39. The van der Waals surface area contributed by atoms with Gasteiger partial charge in [0.2, 0.25) is 0 Å². The smallest absolute Gasteiger partial charge is 0.150 e. The number of halogens is 1. The van der Waals surface area contributed by atoms with Crippen LogP contribution in [0.4, 0.5) is 0 Å². The Kier molecular flexibility index (Phi) is 3.22. The Hall–Kier alpha value is -1.88. The largest absolute Gasteiger partial charge is 0.341 e. The van der Waals surface area contributed by atoms with E-state index in [1.165, 1.54) is 0 Å². The summed E-state index contributed by atoms with van der Waals surface area (Å²) in [6.07, 6.45) is 2.91. The van der Waals surface area contributed by atoms with Crippen molar-refractivity contribution in [2.24, 2.45) is 7.05 Å². The Morgan fingerprint density at radius 3 is 2.80 bits per heavy atom. The Morgan fingerprint density at radius 2 is 2.15 bits per heavy atom. The third-order valence-corrected chi connectivity index (χ3v) is 4.59. The predicted octanol–water partition coefficient (Wildman–Crippen LogP) is 3.31. The molecule has 0 amide bonds. The number of hydrogen-bond acceptors (Lipinski definition) is 2. The monoisotopic (exact) mass is 331 g/mol. The number of hydrogen-bond donors (Lipinski definition) is 0. The van der Waals surface area contributed by atoms with Crippen molar-refractivity contribution in [3.63, 3.8) is 0 Å². The highest BCUT2D eigenvalue weighted by Gasteiger charge is 2.12. The summed E-state index contributed by atoms with van der Waals surface area (Å²) < 4.78 is 5.05. The third kappa shape index (κ3) is 1.98. The fourth-order valence-corrected chi connectivity index (χ4v) is 2.96. The summed E-state index contributed by atoms with van der Waals surface area (Å²) in [6.45, 7) is 2.69. The second kappa shape index (κ2) is 4.90. The molecule has 0 aliphatic rings. The van der Waals surface area contributed by atoms with Crippen LogP contribution in [0.25, 0.3) is 10.9 Å². The maximum absolute atomic E-state index is 11.1. The molecule has 0 aliphatic carbocycles. The van der Waals surface area contributed by atoms with Crippen molar-refractivity contribution in [1.29, 1.82) is 0 Å². The third-order valence-electron chi connectivity index (χ3n) is 3.56. The maximum atomic E-state index is 11.1. The molecule has 20 heavy (non-hydrogen) atoms. The lowest BCUT2D eigenvalue weighted by Gasteiger charge is -2.07. The molecule has 0 aliphatic heterocycles. The molecule has 0 unspecified atom stereocenters. The van der Waals surface area contributed by atoms with E-state index in [0.29, 0.717) is 6.54 Å². The summed E-state index contributed by atoms with van der Waals surface area (Å²) >= 11 is 3.59. The number of carbonyl (C=O) groups excluding carboxylic acids is 1. The molecular formula is C15H14BrN3O. The molecule has 5 heteroatoms. The molecule has 0 saturated heterocycles. The predicted molar refractivity (Wildman–Crippen MR) is 82.1 cm³/mol. The van der Waals surface area contributed by atoms with E-state index in [1.807, 2.05) is 49.1 Å². The van der Waals surface area contributed by atoms with Gasteiger partial charge in [-0.3, -0.25) is 9.48 Å². The molecule has 0 fully saturated rings. The van der Waals surface area contributed by atoms with Crippen LogP contribution in [0.1, 0.15) is 21.7 Å². The molecule has 0 atom stereocenters. The van der Waals surface area contributed by atoms with Crippen molar-refractivity contribution in [2.45, 2.75) is 13.5 Å². The number of benzene rings is 1. The van der Waals surface area contributed by atoms with Crippen molar-refractivity contribution < 1.29 is 4.79 Å². The van der Waals surface area contributed by atoms with Gasteiger partial charge in [0.1, 0.15) is 0 Å². The molecule has 2 aromatic heterocycles. The summed E-state index contributed by atoms with van der Waals surface area (Å²) in [5.74, 6) is 0. The minimum absolute atomic E-state index is 0.712. The van der Waals surface area contributed by atoms with Crippen LogP contribution < -0.4 is 0 Å². The Labute approximate surface area is 125 Å². The molecule has 0 spiro atoms. The number of fused-ring (bicyclic) bond motifs is 1. The highest BCUT2D eigenvalue weighted by Crippen LogP contribution is 2.24. The minimum atomic E-state index is 0.712. The van der Waals surface area contributed by atoms with E-state index in [9.17, 15) is 4.79 Å². The second-order valence-electron chi connectivity index (χ2n) is 4.81. The van der Waals surface area contributed by atoms with Gasteiger partial charge in [0, 0.05) is 29.7 Å². The lowest BCUT2D eigenvalue weighted by Crippen LogP contribution is -2.05. The summed E-state index contributed by atoms with van der Waals surface area (Å²) in [7, 11) is 1.94. The van der Waals surface area contributed by atoms with Crippen LogP contribution in [0.3, 0.4) is 0 Å². The van der Waals surface area contributed by atoms with Crippen molar-refractivity contribution in [3.8, 4) is 0 Å². The molecule has 102 valence electrons. The second-order valence-corrected chi connectivity index (χ2v) is 5.60. The molecule has 3 rings (SSSR count). The summed E-state index contributed by atoms with van der Waals surface area (Å²) in [6, 6.07) is 7.76. The summed E-state index contributed by atoms with van der Waals surface area (Å²) in [4.78, 5) is 11.1. The highest BCUT2D eigenvalue weighted by molar-refractivity contribution is 9.10. The first kappa shape index (κ1) is 13.1. The van der Waals surface area contributed by atoms with Crippen molar-refractivity contribution in [1.82, 2.24) is 14.3 Å². The van der Waals surface area contributed by atoms with Gasteiger partial charge in [-0.25, -0.2) is 0 Å². The Morgan fingerprint density at radius 1 is 1.35 bits per heavy atom. The summed E-state index contributed by atoms with van der Waals surface area (Å²) in [5.41, 5.74) is 3.87. The molecule has 3 aromatic rings.